The Hall–Kier alpha value is -2.64. The van der Waals surface area contributed by atoms with Crippen LogP contribution >= 0.6 is 0 Å². The largest absolute Gasteiger partial charge is 0.416 e. The predicted molar refractivity (Wildman–Crippen MR) is 89.7 cm³/mol. The van der Waals surface area contributed by atoms with E-state index in [0.29, 0.717) is 5.56 Å². The zero-order valence-corrected chi connectivity index (χ0v) is 14.8. The van der Waals surface area contributed by atoms with Gasteiger partial charge in [0.2, 0.25) is 11.8 Å². The average molecular weight is 383 g/mol. The summed E-state index contributed by atoms with van der Waals surface area (Å²) in [5, 5.41) is 17.3. The van der Waals surface area contributed by atoms with Crippen LogP contribution in [-0.4, -0.2) is 43.1 Å². The van der Waals surface area contributed by atoms with E-state index >= 15 is 0 Å². The second kappa shape index (κ2) is 8.37. The number of hydrogen-bond acceptors (Lipinski definition) is 5. The van der Waals surface area contributed by atoms with E-state index < -0.39 is 36.0 Å². The summed E-state index contributed by atoms with van der Waals surface area (Å²) in [4.78, 5) is 26.0. The number of halogens is 3. The predicted octanol–water partition coefficient (Wildman–Crippen LogP) is 1.10. The minimum Gasteiger partial charge on any atom is -0.347 e. The topological polar surface area (TPSA) is 97.3 Å². The number of nitrogens with zero attached hydrogens (tertiary/aromatic N) is 2. The molecule has 3 unspecified atom stereocenters. The standard InChI is InChI=1S/C17H20F3N5O2/c1-25(2)16-23-13(9-14(26)24-16)15(27)22-12(7-8-21)10-3-5-11(6-4-10)17(18,19)20/h3-6,12-13,16,23H,7,9H2,1-2H3,(H,22,27)(H,24,26). The van der Waals surface area contributed by atoms with Crippen LogP contribution in [0.15, 0.2) is 24.3 Å². The highest BCUT2D eigenvalue weighted by Gasteiger charge is 2.33. The van der Waals surface area contributed by atoms with E-state index in [9.17, 15) is 22.8 Å². The van der Waals surface area contributed by atoms with E-state index in [0.717, 1.165) is 12.1 Å². The van der Waals surface area contributed by atoms with Crippen molar-refractivity contribution in [2.45, 2.75) is 37.4 Å². The van der Waals surface area contributed by atoms with Gasteiger partial charge in [-0.25, -0.2) is 0 Å². The molecular formula is C17H20F3N5O2. The molecule has 27 heavy (non-hydrogen) atoms. The van der Waals surface area contributed by atoms with Crippen molar-refractivity contribution in [1.82, 2.24) is 20.9 Å². The van der Waals surface area contributed by atoms with Gasteiger partial charge >= 0.3 is 6.18 Å². The van der Waals surface area contributed by atoms with Gasteiger partial charge in [-0.3, -0.25) is 19.8 Å². The summed E-state index contributed by atoms with van der Waals surface area (Å²) in [5.41, 5.74) is -0.435. The van der Waals surface area contributed by atoms with E-state index in [4.69, 9.17) is 5.26 Å². The Morgan fingerprint density at radius 3 is 2.52 bits per heavy atom. The highest BCUT2D eigenvalue weighted by atomic mass is 19.4. The molecule has 1 aromatic carbocycles. The zero-order valence-electron chi connectivity index (χ0n) is 14.8. The number of amides is 2. The van der Waals surface area contributed by atoms with Gasteiger partial charge in [0.25, 0.3) is 0 Å². The maximum atomic E-state index is 12.7. The molecule has 1 heterocycles. The molecule has 0 aromatic heterocycles. The number of carbonyl (C=O) groups excluding carboxylic acids is 2. The fourth-order valence-corrected chi connectivity index (χ4v) is 2.65. The molecule has 2 rings (SSSR count). The minimum atomic E-state index is -4.47. The van der Waals surface area contributed by atoms with Gasteiger partial charge in [0.1, 0.15) is 6.29 Å². The first-order valence-electron chi connectivity index (χ1n) is 8.18. The van der Waals surface area contributed by atoms with E-state index in [-0.39, 0.29) is 18.7 Å². The van der Waals surface area contributed by atoms with Crippen molar-refractivity contribution < 1.29 is 22.8 Å². The Labute approximate surface area is 154 Å². The summed E-state index contributed by atoms with van der Waals surface area (Å²) in [7, 11) is 3.44. The molecule has 0 bridgehead atoms. The molecule has 146 valence electrons. The van der Waals surface area contributed by atoms with Crippen molar-refractivity contribution >= 4 is 11.8 Å². The summed E-state index contributed by atoms with van der Waals surface area (Å²) in [6, 6.07) is 4.58. The molecule has 1 fully saturated rings. The maximum Gasteiger partial charge on any atom is 0.416 e. The Bertz CT molecular complexity index is 728. The Balaban J connectivity index is 2.12. The fourth-order valence-electron chi connectivity index (χ4n) is 2.65. The molecule has 7 nitrogen and oxygen atoms in total. The first-order valence-corrected chi connectivity index (χ1v) is 8.18. The summed E-state index contributed by atoms with van der Waals surface area (Å²) >= 11 is 0. The second-order valence-electron chi connectivity index (χ2n) is 6.40. The molecule has 1 aromatic rings. The molecule has 0 aliphatic carbocycles. The number of nitrogens with one attached hydrogen (secondary N) is 3. The van der Waals surface area contributed by atoms with Crippen molar-refractivity contribution in [2.75, 3.05) is 14.1 Å². The maximum absolute atomic E-state index is 12.7. The van der Waals surface area contributed by atoms with Crippen LogP contribution in [0.2, 0.25) is 0 Å². The van der Waals surface area contributed by atoms with E-state index in [1.54, 1.807) is 19.0 Å². The zero-order chi connectivity index (χ0) is 20.2. The minimum absolute atomic E-state index is 0.0809. The lowest BCUT2D eigenvalue weighted by Gasteiger charge is -2.35. The van der Waals surface area contributed by atoms with Gasteiger partial charge in [-0.05, 0) is 31.8 Å². The number of carbonyl (C=O) groups is 2. The molecule has 0 spiro atoms. The average Bonchev–Trinajstić information content (AvgIpc) is 2.60. The van der Waals surface area contributed by atoms with Crippen molar-refractivity contribution in [3.8, 4) is 6.07 Å². The van der Waals surface area contributed by atoms with E-state index in [2.05, 4.69) is 16.0 Å². The molecule has 1 aliphatic heterocycles. The van der Waals surface area contributed by atoms with Gasteiger partial charge in [-0.15, -0.1) is 0 Å². The highest BCUT2D eigenvalue weighted by Crippen LogP contribution is 2.30. The molecule has 3 N–H and O–H groups in total. The number of benzene rings is 1. The third-order valence-electron chi connectivity index (χ3n) is 4.13. The first kappa shape index (κ1) is 20.7. The molecule has 1 aliphatic rings. The number of alkyl halides is 3. The van der Waals surface area contributed by atoms with Crippen LogP contribution in [0.25, 0.3) is 0 Å². The van der Waals surface area contributed by atoms with E-state index in [1.807, 2.05) is 6.07 Å². The van der Waals surface area contributed by atoms with Gasteiger partial charge < -0.3 is 10.6 Å². The molecule has 1 saturated heterocycles. The molecular weight excluding hydrogens is 363 g/mol. The van der Waals surface area contributed by atoms with Crippen LogP contribution in [0.5, 0.6) is 0 Å². The summed E-state index contributed by atoms with van der Waals surface area (Å²) < 4.78 is 38.1. The van der Waals surface area contributed by atoms with Gasteiger partial charge in [0.15, 0.2) is 0 Å². The van der Waals surface area contributed by atoms with Crippen LogP contribution in [0.3, 0.4) is 0 Å². The van der Waals surface area contributed by atoms with Crippen LogP contribution in [0.4, 0.5) is 13.2 Å². The normalized spacial score (nSPS) is 21.3. The van der Waals surface area contributed by atoms with Gasteiger partial charge in [0, 0.05) is 0 Å². The van der Waals surface area contributed by atoms with Gasteiger partial charge in [-0.2, -0.15) is 18.4 Å². The first-order chi connectivity index (χ1) is 12.6. The summed E-state index contributed by atoms with van der Waals surface area (Å²) in [6.07, 6.45) is -5.19. The Morgan fingerprint density at radius 1 is 1.37 bits per heavy atom. The highest BCUT2D eigenvalue weighted by molar-refractivity contribution is 5.89. The quantitative estimate of drug-likeness (QED) is 0.708. The second-order valence-corrected chi connectivity index (χ2v) is 6.40. The lowest BCUT2D eigenvalue weighted by molar-refractivity contribution is -0.137. The Morgan fingerprint density at radius 2 is 2.00 bits per heavy atom. The van der Waals surface area contributed by atoms with Crippen molar-refractivity contribution in [3.63, 3.8) is 0 Å². The van der Waals surface area contributed by atoms with Crippen LogP contribution < -0.4 is 16.0 Å². The molecule has 0 saturated carbocycles. The third kappa shape index (κ3) is 5.42. The third-order valence-corrected chi connectivity index (χ3v) is 4.13. The SMILES string of the molecule is CN(C)C1NC(=O)CC(C(=O)NC(CC#N)c2ccc(C(F)(F)F)cc2)N1. The van der Waals surface area contributed by atoms with Crippen LogP contribution in [-0.2, 0) is 15.8 Å². The smallest absolute Gasteiger partial charge is 0.347 e. The Kier molecular flexibility index (Phi) is 6.41. The number of hydrogen-bond donors (Lipinski definition) is 3. The summed E-state index contributed by atoms with van der Waals surface area (Å²) in [6.45, 7) is 0. The van der Waals surface area contributed by atoms with E-state index in [1.165, 1.54) is 12.1 Å². The lowest BCUT2D eigenvalue weighted by atomic mass is 10.0. The number of nitriles is 1. The summed E-state index contributed by atoms with van der Waals surface area (Å²) in [5.74, 6) is -0.809. The lowest BCUT2D eigenvalue weighted by Crippen LogP contribution is -2.65. The van der Waals surface area contributed by atoms with Crippen LogP contribution in [0.1, 0.15) is 30.0 Å². The molecule has 3 atom stereocenters. The van der Waals surface area contributed by atoms with Gasteiger partial charge in [-0.1, -0.05) is 12.1 Å². The van der Waals surface area contributed by atoms with Crippen LogP contribution in [0, 0.1) is 11.3 Å². The number of rotatable bonds is 5. The monoisotopic (exact) mass is 383 g/mol. The fraction of sp³-hybridized carbons (Fsp3) is 0.471. The van der Waals surface area contributed by atoms with Gasteiger partial charge in [0.05, 0.1) is 36.6 Å². The van der Waals surface area contributed by atoms with Crippen molar-refractivity contribution in [1.29, 1.82) is 5.26 Å². The molecule has 2 amide bonds. The molecule has 10 heteroatoms. The molecule has 0 radical (unpaired) electrons. The van der Waals surface area contributed by atoms with Crippen molar-refractivity contribution in [3.05, 3.63) is 35.4 Å². The van der Waals surface area contributed by atoms with Crippen molar-refractivity contribution in [2.24, 2.45) is 0 Å².